The first-order valence-corrected chi connectivity index (χ1v) is 7.36. The van der Waals surface area contributed by atoms with Crippen molar-refractivity contribution in [1.29, 1.82) is 0 Å². The monoisotopic (exact) mass is 296 g/mol. The highest BCUT2D eigenvalue weighted by Gasteiger charge is 2.66. The van der Waals surface area contributed by atoms with Crippen LogP contribution in [0.2, 0.25) is 0 Å². The zero-order valence-electron chi connectivity index (χ0n) is 13.2. The van der Waals surface area contributed by atoms with Crippen LogP contribution >= 0.6 is 0 Å². The van der Waals surface area contributed by atoms with E-state index in [1.54, 1.807) is 6.08 Å². The molecule has 1 fully saturated rings. The molecule has 1 aliphatic rings. The summed E-state index contributed by atoms with van der Waals surface area (Å²) in [6, 6.07) is 0. The molecule has 0 aromatic rings. The van der Waals surface area contributed by atoms with Crippen molar-refractivity contribution in [2.24, 2.45) is 17.3 Å². The van der Waals surface area contributed by atoms with Gasteiger partial charge in [0.25, 0.3) is 0 Å². The molecule has 0 saturated heterocycles. The van der Waals surface area contributed by atoms with Gasteiger partial charge in [0.1, 0.15) is 0 Å². The van der Waals surface area contributed by atoms with Gasteiger partial charge in [-0.25, -0.2) is 0 Å². The smallest absolute Gasteiger partial charge is 0.323 e. The van der Waals surface area contributed by atoms with E-state index in [9.17, 15) is 14.4 Å². The fraction of sp³-hybridized carbons (Fsp3) is 0.688. The molecule has 0 aliphatic heterocycles. The Morgan fingerprint density at radius 3 is 2.19 bits per heavy atom. The third-order valence-corrected chi connectivity index (χ3v) is 4.14. The average Bonchev–Trinajstić information content (AvgIpc) is 3.24. The van der Waals surface area contributed by atoms with Gasteiger partial charge in [0.2, 0.25) is 0 Å². The van der Waals surface area contributed by atoms with Crippen molar-refractivity contribution in [3.63, 3.8) is 0 Å². The van der Waals surface area contributed by atoms with Crippen molar-refractivity contribution < 1.29 is 23.9 Å². The van der Waals surface area contributed by atoms with Crippen molar-refractivity contribution in [3.8, 4) is 0 Å². The Kier molecular flexibility index (Phi) is 6.12. The largest absolute Gasteiger partial charge is 0.468 e. The van der Waals surface area contributed by atoms with Crippen LogP contribution in [0, 0.1) is 17.3 Å². The first-order chi connectivity index (χ1) is 9.97. The Balaban J connectivity index is 2.76. The summed E-state index contributed by atoms with van der Waals surface area (Å²) in [5, 5.41) is 0. The predicted octanol–water partition coefficient (Wildman–Crippen LogP) is 2.29. The number of rotatable bonds is 8. The van der Waals surface area contributed by atoms with E-state index in [-0.39, 0.29) is 17.6 Å². The molecule has 0 bridgehead atoms. The van der Waals surface area contributed by atoms with Crippen LogP contribution in [0.25, 0.3) is 0 Å². The van der Waals surface area contributed by atoms with Gasteiger partial charge in [0.05, 0.1) is 14.2 Å². The Bertz CT molecular complexity index is 422. The molecule has 118 valence electrons. The molecule has 2 unspecified atom stereocenters. The molecule has 0 aromatic carbocycles. The fourth-order valence-electron chi connectivity index (χ4n) is 2.68. The molecule has 21 heavy (non-hydrogen) atoms. The number of ether oxygens (including phenoxy) is 2. The van der Waals surface area contributed by atoms with Crippen molar-refractivity contribution in [3.05, 3.63) is 12.2 Å². The number of hydrogen-bond donors (Lipinski definition) is 0. The van der Waals surface area contributed by atoms with E-state index in [4.69, 9.17) is 0 Å². The second-order valence-electron chi connectivity index (χ2n) is 5.42. The number of carbonyl (C=O) groups is 3. The summed E-state index contributed by atoms with van der Waals surface area (Å²) >= 11 is 0. The van der Waals surface area contributed by atoms with E-state index in [1.807, 2.05) is 13.8 Å². The topological polar surface area (TPSA) is 69.7 Å². The summed E-state index contributed by atoms with van der Waals surface area (Å²) in [5.74, 6) is -1.46. The van der Waals surface area contributed by atoms with E-state index >= 15 is 0 Å². The van der Waals surface area contributed by atoms with Gasteiger partial charge in [0, 0.05) is 11.8 Å². The molecule has 0 spiro atoms. The Morgan fingerprint density at radius 1 is 1.19 bits per heavy atom. The van der Waals surface area contributed by atoms with Gasteiger partial charge in [-0.2, -0.15) is 0 Å². The maximum absolute atomic E-state index is 12.1. The Hall–Kier alpha value is -1.65. The lowest BCUT2D eigenvalue weighted by molar-refractivity contribution is -0.161. The molecule has 2 atom stereocenters. The number of esters is 2. The minimum atomic E-state index is -1.26. The fourth-order valence-corrected chi connectivity index (χ4v) is 2.68. The molecule has 1 rings (SSSR count). The number of hydrogen-bond acceptors (Lipinski definition) is 5. The van der Waals surface area contributed by atoms with E-state index in [0.717, 1.165) is 19.3 Å². The van der Waals surface area contributed by atoms with Crippen LogP contribution in [0.4, 0.5) is 0 Å². The maximum Gasteiger partial charge on any atom is 0.323 e. The molecule has 0 amide bonds. The number of methoxy groups -OCH3 is 2. The normalized spacial score (nSPS) is 20.9. The SMILES string of the molecule is CCCC(CC)C(=O)C=CC1CC1(C(=O)OC)C(=O)OC. The molecule has 0 N–H and O–H groups in total. The van der Waals surface area contributed by atoms with Crippen LogP contribution in [0.15, 0.2) is 12.2 Å². The second-order valence-corrected chi connectivity index (χ2v) is 5.42. The van der Waals surface area contributed by atoms with E-state index < -0.39 is 17.4 Å². The van der Waals surface area contributed by atoms with Crippen molar-refractivity contribution >= 4 is 17.7 Å². The van der Waals surface area contributed by atoms with Crippen LogP contribution in [-0.2, 0) is 23.9 Å². The summed E-state index contributed by atoms with van der Waals surface area (Å²) in [6.07, 6.45) is 6.08. The minimum absolute atomic E-state index is 0.00986. The zero-order valence-corrected chi connectivity index (χ0v) is 13.2. The summed E-state index contributed by atoms with van der Waals surface area (Å²) < 4.78 is 9.37. The van der Waals surface area contributed by atoms with Gasteiger partial charge in [-0.05, 0) is 25.3 Å². The van der Waals surface area contributed by atoms with E-state index in [0.29, 0.717) is 6.42 Å². The average molecular weight is 296 g/mol. The van der Waals surface area contributed by atoms with Crippen LogP contribution < -0.4 is 0 Å². The van der Waals surface area contributed by atoms with Gasteiger partial charge in [0.15, 0.2) is 11.2 Å². The Morgan fingerprint density at radius 2 is 1.76 bits per heavy atom. The summed E-state index contributed by atoms with van der Waals surface area (Å²) in [6.45, 7) is 4.02. The summed E-state index contributed by atoms with van der Waals surface area (Å²) in [5.41, 5.74) is -1.26. The quantitative estimate of drug-likeness (QED) is 0.390. The zero-order chi connectivity index (χ0) is 16.0. The van der Waals surface area contributed by atoms with Crippen LogP contribution in [0.3, 0.4) is 0 Å². The highest BCUT2D eigenvalue weighted by Crippen LogP contribution is 2.55. The second kappa shape index (κ2) is 7.38. The van der Waals surface area contributed by atoms with Gasteiger partial charge in [-0.3, -0.25) is 14.4 Å². The minimum Gasteiger partial charge on any atom is -0.468 e. The molecule has 1 saturated carbocycles. The lowest BCUT2D eigenvalue weighted by atomic mass is 9.95. The highest BCUT2D eigenvalue weighted by molar-refractivity contribution is 6.04. The third-order valence-electron chi connectivity index (χ3n) is 4.14. The van der Waals surface area contributed by atoms with Crippen LogP contribution in [0.1, 0.15) is 39.5 Å². The number of allylic oxidation sites excluding steroid dienone is 2. The van der Waals surface area contributed by atoms with Crippen LogP contribution in [0.5, 0.6) is 0 Å². The van der Waals surface area contributed by atoms with E-state index in [2.05, 4.69) is 9.47 Å². The lowest BCUT2D eigenvalue weighted by Gasteiger charge is -2.11. The molecule has 5 heteroatoms. The van der Waals surface area contributed by atoms with Crippen molar-refractivity contribution in [2.75, 3.05) is 14.2 Å². The first-order valence-electron chi connectivity index (χ1n) is 7.36. The van der Waals surface area contributed by atoms with Gasteiger partial charge < -0.3 is 9.47 Å². The molecule has 0 radical (unpaired) electrons. The van der Waals surface area contributed by atoms with Gasteiger partial charge in [-0.1, -0.05) is 26.3 Å². The number of carbonyl (C=O) groups excluding carboxylic acids is 3. The van der Waals surface area contributed by atoms with Crippen molar-refractivity contribution in [2.45, 2.75) is 39.5 Å². The number of ketones is 1. The molecule has 1 aliphatic carbocycles. The van der Waals surface area contributed by atoms with Gasteiger partial charge in [-0.15, -0.1) is 0 Å². The van der Waals surface area contributed by atoms with Crippen molar-refractivity contribution in [1.82, 2.24) is 0 Å². The highest BCUT2D eigenvalue weighted by atomic mass is 16.5. The third kappa shape index (κ3) is 3.52. The van der Waals surface area contributed by atoms with Crippen LogP contribution in [-0.4, -0.2) is 31.9 Å². The molecular formula is C16H24O5. The Labute approximate surface area is 125 Å². The molecule has 5 nitrogen and oxygen atoms in total. The predicted molar refractivity (Wildman–Crippen MR) is 77.4 cm³/mol. The lowest BCUT2D eigenvalue weighted by Crippen LogP contribution is -2.30. The van der Waals surface area contributed by atoms with Gasteiger partial charge >= 0.3 is 11.9 Å². The summed E-state index contributed by atoms with van der Waals surface area (Å²) in [7, 11) is 2.48. The summed E-state index contributed by atoms with van der Waals surface area (Å²) in [4.78, 5) is 35.7. The first kappa shape index (κ1) is 17.4. The maximum atomic E-state index is 12.1. The standard InChI is InChI=1S/C16H24O5/c1-5-7-11(6-2)13(17)9-8-12-10-16(12,14(18)20-3)15(19)21-4/h8-9,11-12H,5-7,10H2,1-4H3. The molecule has 0 heterocycles. The van der Waals surface area contributed by atoms with E-state index in [1.165, 1.54) is 20.3 Å². The molecule has 0 aromatic heterocycles. The molecular weight excluding hydrogens is 272 g/mol.